The van der Waals surface area contributed by atoms with Gasteiger partial charge in [-0.15, -0.1) is 0 Å². The normalized spacial score (nSPS) is 26.6. The smallest absolute Gasteiger partial charge is 0.246 e. The molecule has 0 radical (unpaired) electrons. The van der Waals surface area contributed by atoms with Crippen LogP contribution in [0.5, 0.6) is 0 Å². The van der Waals surface area contributed by atoms with E-state index in [9.17, 15) is 9.59 Å². The van der Waals surface area contributed by atoms with Crippen LogP contribution >= 0.6 is 0 Å². The van der Waals surface area contributed by atoms with Crippen molar-refractivity contribution >= 4 is 11.8 Å². The molecule has 1 heterocycles. The molecule has 20 heavy (non-hydrogen) atoms. The number of carbonyl (C=O) groups excluding carboxylic acids is 2. The Kier molecular flexibility index (Phi) is 3.57. The summed E-state index contributed by atoms with van der Waals surface area (Å²) >= 11 is 0. The molecule has 0 aromatic heterocycles. The maximum atomic E-state index is 12.0. The first kappa shape index (κ1) is 13.3. The summed E-state index contributed by atoms with van der Waals surface area (Å²) < 4.78 is 0. The van der Waals surface area contributed by atoms with Crippen LogP contribution in [0.25, 0.3) is 0 Å². The molecule has 4 heteroatoms. The Labute approximate surface area is 119 Å². The predicted molar refractivity (Wildman–Crippen MR) is 76.1 cm³/mol. The Hall–Kier alpha value is -1.68. The fraction of sp³-hybridized carbons (Fsp3) is 0.500. The highest BCUT2D eigenvalue weighted by molar-refractivity contribution is 6.05. The second-order valence-corrected chi connectivity index (χ2v) is 5.71. The van der Waals surface area contributed by atoms with E-state index in [1.807, 2.05) is 6.07 Å². The number of likely N-dealkylation sites (N-methyl/N-ethyl adjacent to an activating group) is 1. The van der Waals surface area contributed by atoms with Crippen LogP contribution < -0.4 is 5.32 Å². The summed E-state index contributed by atoms with van der Waals surface area (Å²) in [5.74, 6) is -0.189. The van der Waals surface area contributed by atoms with Crippen molar-refractivity contribution in [1.29, 1.82) is 0 Å². The summed E-state index contributed by atoms with van der Waals surface area (Å²) in [6.45, 7) is 0. The minimum atomic E-state index is -0.358. The predicted octanol–water partition coefficient (Wildman–Crippen LogP) is 1.80. The van der Waals surface area contributed by atoms with Gasteiger partial charge in [-0.05, 0) is 30.4 Å². The van der Waals surface area contributed by atoms with E-state index in [2.05, 4.69) is 23.5 Å². The first-order chi connectivity index (χ1) is 9.66. The molecule has 2 atom stereocenters. The molecular weight excluding hydrogens is 252 g/mol. The zero-order valence-electron chi connectivity index (χ0n) is 11.8. The van der Waals surface area contributed by atoms with Crippen LogP contribution in [-0.4, -0.2) is 29.8 Å². The lowest BCUT2D eigenvalue weighted by Crippen LogP contribution is -2.39. The molecule has 1 aromatic carbocycles. The highest BCUT2D eigenvalue weighted by Gasteiger charge is 2.37. The zero-order chi connectivity index (χ0) is 14.1. The summed E-state index contributed by atoms with van der Waals surface area (Å²) in [6, 6.07) is 8.25. The van der Waals surface area contributed by atoms with E-state index in [0.29, 0.717) is 0 Å². The quantitative estimate of drug-likeness (QED) is 0.660. The lowest BCUT2D eigenvalue weighted by molar-refractivity contribution is -0.137. The number of imide groups is 1. The van der Waals surface area contributed by atoms with Crippen molar-refractivity contribution < 1.29 is 9.59 Å². The van der Waals surface area contributed by atoms with Crippen molar-refractivity contribution in [2.75, 3.05) is 7.05 Å². The van der Waals surface area contributed by atoms with E-state index in [1.54, 1.807) is 7.05 Å². The first-order valence-corrected chi connectivity index (χ1v) is 7.31. The summed E-state index contributed by atoms with van der Waals surface area (Å²) in [5, 5.41) is 3.41. The third-order valence-corrected chi connectivity index (χ3v) is 4.40. The van der Waals surface area contributed by atoms with Crippen molar-refractivity contribution in [3.8, 4) is 0 Å². The van der Waals surface area contributed by atoms with E-state index >= 15 is 0 Å². The van der Waals surface area contributed by atoms with Crippen LogP contribution in [-0.2, 0) is 16.0 Å². The molecule has 2 amide bonds. The van der Waals surface area contributed by atoms with Gasteiger partial charge in [0.2, 0.25) is 11.8 Å². The second-order valence-electron chi connectivity index (χ2n) is 5.71. The molecule has 1 aliphatic heterocycles. The monoisotopic (exact) mass is 272 g/mol. The van der Waals surface area contributed by atoms with Crippen LogP contribution in [0.3, 0.4) is 0 Å². The maximum absolute atomic E-state index is 12.0. The van der Waals surface area contributed by atoms with Gasteiger partial charge >= 0.3 is 0 Å². The van der Waals surface area contributed by atoms with Gasteiger partial charge in [-0.25, -0.2) is 0 Å². The molecule has 3 rings (SSSR count). The number of fused-ring (bicyclic) bond motifs is 1. The summed E-state index contributed by atoms with van der Waals surface area (Å²) in [4.78, 5) is 24.9. The summed E-state index contributed by atoms with van der Waals surface area (Å²) in [5.41, 5.74) is 2.66. The van der Waals surface area contributed by atoms with Crippen LogP contribution in [0.2, 0.25) is 0 Å². The fourth-order valence-corrected chi connectivity index (χ4v) is 3.22. The number of benzene rings is 1. The SMILES string of the molecule is CN1C(=O)CC(NC2CCCCc3ccccc32)C1=O. The number of hydrogen-bond acceptors (Lipinski definition) is 3. The minimum absolute atomic E-state index is 0.0885. The van der Waals surface area contributed by atoms with Crippen LogP contribution in [0, 0.1) is 0 Å². The maximum Gasteiger partial charge on any atom is 0.246 e. The molecule has 2 unspecified atom stereocenters. The number of hydrogen-bond donors (Lipinski definition) is 1. The highest BCUT2D eigenvalue weighted by Crippen LogP contribution is 2.29. The molecule has 1 fully saturated rings. The molecule has 0 bridgehead atoms. The number of rotatable bonds is 2. The number of aryl methyl sites for hydroxylation is 1. The lowest BCUT2D eigenvalue weighted by atomic mass is 9.98. The van der Waals surface area contributed by atoms with Gasteiger partial charge in [-0.1, -0.05) is 30.7 Å². The zero-order valence-corrected chi connectivity index (χ0v) is 11.8. The Balaban J connectivity index is 1.81. The number of nitrogens with one attached hydrogen (secondary N) is 1. The highest BCUT2D eigenvalue weighted by atomic mass is 16.2. The van der Waals surface area contributed by atoms with Gasteiger partial charge in [-0.2, -0.15) is 0 Å². The van der Waals surface area contributed by atoms with E-state index in [-0.39, 0.29) is 30.3 Å². The molecule has 106 valence electrons. The third-order valence-electron chi connectivity index (χ3n) is 4.40. The van der Waals surface area contributed by atoms with Gasteiger partial charge in [-0.3, -0.25) is 19.8 Å². The number of nitrogens with zero attached hydrogens (tertiary/aromatic N) is 1. The van der Waals surface area contributed by atoms with Gasteiger partial charge in [0.15, 0.2) is 0 Å². The van der Waals surface area contributed by atoms with Crippen molar-refractivity contribution in [1.82, 2.24) is 10.2 Å². The molecule has 0 spiro atoms. The van der Waals surface area contributed by atoms with Crippen LogP contribution in [0.1, 0.15) is 42.9 Å². The Morgan fingerprint density at radius 2 is 1.95 bits per heavy atom. The molecule has 0 saturated carbocycles. The average molecular weight is 272 g/mol. The largest absolute Gasteiger partial charge is 0.298 e. The fourth-order valence-electron chi connectivity index (χ4n) is 3.22. The second kappa shape index (κ2) is 5.37. The van der Waals surface area contributed by atoms with E-state index < -0.39 is 0 Å². The van der Waals surface area contributed by atoms with Crippen molar-refractivity contribution in [3.05, 3.63) is 35.4 Å². The summed E-state index contributed by atoms with van der Waals surface area (Å²) in [7, 11) is 1.56. The van der Waals surface area contributed by atoms with Gasteiger partial charge in [0.25, 0.3) is 0 Å². The van der Waals surface area contributed by atoms with Gasteiger partial charge in [0, 0.05) is 13.1 Å². The molecule has 1 N–H and O–H groups in total. The number of amides is 2. The molecule has 2 aliphatic rings. The van der Waals surface area contributed by atoms with Crippen molar-refractivity contribution in [2.24, 2.45) is 0 Å². The van der Waals surface area contributed by atoms with Gasteiger partial charge < -0.3 is 0 Å². The first-order valence-electron chi connectivity index (χ1n) is 7.31. The number of carbonyl (C=O) groups is 2. The average Bonchev–Trinajstić information content (AvgIpc) is 2.65. The molecule has 4 nitrogen and oxygen atoms in total. The van der Waals surface area contributed by atoms with E-state index in [1.165, 1.54) is 22.4 Å². The Bertz CT molecular complexity index is 541. The molecular formula is C16H20N2O2. The van der Waals surface area contributed by atoms with E-state index in [4.69, 9.17) is 0 Å². The minimum Gasteiger partial charge on any atom is -0.298 e. The van der Waals surface area contributed by atoms with Crippen molar-refractivity contribution in [2.45, 2.75) is 44.2 Å². The van der Waals surface area contributed by atoms with Crippen molar-refractivity contribution in [3.63, 3.8) is 0 Å². The lowest BCUT2D eigenvalue weighted by Gasteiger charge is -2.22. The topological polar surface area (TPSA) is 49.4 Å². The standard InChI is InChI=1S/C16H20N2O2/c1-18-15(19)10-14(16(18)20)17-13-9-5-3-7-11-6-2-4-8-12(11)13/h2,4,6,8,13-14,17H,3,5,7,9-10H2,1H3. The molecule has 1 aliphatic carbocycles. The third kappa shape index (κ3) is 2.36. The van der Waals surface area contributed by atoms with E-state index in [0.717, 1.165) is 19.3 Å². The summed E-state index contributed by atoms with van der Waals surface area (Å²) in [6.07, 6.45) is 4.75. The number of likely N-dealkylation sites (tertiary alicyclic amines) is 1. The van der Waals surface area contributed by atoms with Crippen LogP contribution in [0.15, 0.2) is 24.3 Å². The van der Waals surface area contributed by atoms with Gasteiger partial charge in [0.05, 0.1) is 12.5 Å². The molecule has 1 aromatic rings. The Morgan fingerprint density at radius 3 is 2.70 bits per heavy atom. The van der Waals surface area contributed by atoms with Crippen LogP contribution in [0.4, 0.5) is 0 Å². The van der Waals surface area contributed by atoms with Gasteiger partial charge in [0.1, 0.15) is 0 Å². The molecule has 1 saturated heterocycles. The Morgan fingerprint density at radius 1 is 1.15 bits per heavy atom.